The van der Waals surface area contributed by atoms with Crippen molar-refractivity contribution in [2.75, 3.05) is 36.9 Å². The van der Waals surface area contributed by atoms with Crippen molar-refractivity contribution < 1.29 is 8.42 Å². The Labute approximate surface area is 97.6 Å². The molecule has 15 heavy (non-hydrogen) atoms. The standard InChI is InChI=1S/C10H19NO2S2/c12-15(13)6-4-11(5-7-15)8-10(9-14)2-1-3-10/h14H,1-9H2. The first kappa shape index (κ1) is 11.7. The summed E-state index contributed by atoms with van der Waals surface area (Å²) in [5.41, 5.74) is 0.393. The Morgan fingerprint density at radius 3 is 2.20 bits per heavy atom. The van der Waals surface area contributed by atoms with Crippen LogP contribution in [0.5, 0.6) is 0 Å². The van der Waals surface area contributed by atoms with Gasteiger partial charge in [-0.1, -0.05) is 6.42 Å². The summed E-state index contributed by atoms with van der Waals surface area (Å²) in [5, 5.41) is 0. The summed E-state index contributed by atoms with van der Waals surface area (Å²) in [6.07, 6.45) is 3.84. The van der Waals surface area contributed by atoms with E-state index in [2.05, 4.69) is 17.5 Å². The molecule has 0 aromatic carbocycles. The van der Waals surface area contributed by atoms with Crippen molar-refractivity contribution in [1.82, 2.24) is 4.90 Å². The molecule has 1 saturated carbocycles. The Bertz CT molecular complexity index is 303. The largest absolute Gasteiger partial charge is 0.301 e. The Hall–Kier alpha value is 0.260. The van der Waals surface area contributed by atoms with Crippen LogP contribution < -0.4 is 0 Å². The van der Waals surface area contributed by atoms with Gasteiger partial charge in [-0.3, -0.25) is 0 Å². The molecular weight excluding hydrogens is 230 g/mol. The quantitative estimate of drug-likeness (QED) is 0.752. The first-order valence-electron chi connectivity index (χ1n) is 5.59. The van der Waals surface area contributed by atoms with E-state index in [1.165, 1.54) is 19.3 Å². The van der Waals surface area contributed by atoms with Gasteiger partial charge >= 0.3 is 0 Å². The van der Waals surface area contributed by atoms with Crippen molar-refractivity contribution in [2.24, 2.45) is 5.41 Å². The molecule has 2 rings (SSSR count). The van der Waals surface area contributed by atoms with Crippen LogP contribution in [0.15, 0.2) is 0 Å². The van der Waals surface area contributed by atoms with Crippen LogP contribution >= 0.6 is 12.6 Å². The van der Waals surface area contributed by atoms with E-state index in [4.69, 9.17) is 0 Å². The smallest absolute Gasteiger partial charge is 0.152 e. The molecule has 1 aliphatic carbocycles. The highest BCUT2D eigenvalue weighted by Crippen LogP contribution is 2.42. The summed E-state index contributed by atoms with van der Waals surface area (Å²) in [7, 11) is -2.73. The fourth-order valence-electron chi connectivity index (χ4n) is 2.43. The molecule has 0 spiro atoms. The highest BCUT2D eigenvalue weighted by molar-refractivity contribution is 7.91. The first-order chi connectivity index (χ1) is 7.05. The molecule has 0 atom stereocenters. The lowest BCUT2D eigenvalue weighted by molar-refractivity contribution is 0.0953. The maximum absolute atomic E-state index is 11.3. The molecule has 0 N–H and O–H groups in total. The normalized spacial score (nSPS) is 29.7. The minimum atomic E-state index is -2.73. The molecule has 1 aliphatic heterocycles. The van der Waals surface area contributed by atoms with Crippen LogP contribution in [0.1, 0.15) is 19.3 Å². The molecule has 0 aromatic heterocycles. The molecule has 0 aromatic rings. The molecule has 1 saturated heterocycles. The Balaban J connectivity index is 1.86. The van der Waals surface area contributed by atoms with Crippen LogP contribution in [-0.4, -0.2) is 50.2 Å². The number of hydrogen-bond donors (Lipinski definition) is 1. The van der Waals surface area contributed by atoms with Crippen LogP contribution in [0.4, 0.5) is 0 Å². The fraction of sp³-hybridized carbons (Fsp3) is 1.00. The molecule has 0 bridgehead atoms. The van der Waals surface area contributed by atoms with Gasteiger partial charge in [-0.05, 0) is 24.0 Å². The fourth-order valence-corrected chi connectivity index (χ4v) is 4.12. The van der Waals surface area contributed by atoms with Gasteiger partial charge in [0, 0.05) is 19.6 Å². The molecule has 0 amide bonds. The lowest BCUT2D eigenvalue weighted by Gasteiger charge is -2.45. The third-order valence-corrected chi connectivity index (χ3v) is 6.03. The second-order valence-corrected chi connectivity index (χ2v) is 7.56. The van der Waals surface area contributed by atoms with E-state index in [-0.39, 0.29) is 0 Å². The monoisotopic (exact) mass is 249 g/mol. The Morgan fingerprint density at radius 1 is 1.20 bits per heavy atom. The summed E-state index contributed by atoms with van der Waals surface area (Å²) in [4.78, 5) is 2.30. The van der Waals surface area contributed by atoms with Crippen molar-refractivity contribution in [3.8, 4) is 0 Å². The highest BCUT2D eigenvalue weighted by atomic mass is 32.2. The van der Waals surface area contributed by atoms with Crippen molar-refractivity contribution in [3.63, 3.8) is 0 Å². The summed E-state index contributed by atoms with van der Waals surface area (Å²) < 4.78 is 22.5. The number of nitrogens with zero attached hydrogens (tertiary/aromatic N) is 1. The minimum absolute atomic E-state index is 0.343. The second-order valence-electron chi connectivity index (χ2n) is 4.94. The molecule has 88 valence electrons. The van der Waals surface area contributed by atoms with Gasteiger partial charge in [-0.2, -0.15) is 12.6 Å². The number of hydrogen-bond acceptors (Lipinski definition) is 4. The third-order valence-electron chi connectivity index (χ3n) is 3.75. The van der Waals surface area contributed by atoms with Gasteiger partial charge in [0.1, 0.15) is 0 Å². The number of rotatable bonds is 3. The van der Waals surface area contributed by atoms with Crippen LogP contribution in [0, 0.1) is 5.41 Å². The zero-order valence-electron chi connectivity index (χ0n) is 8.98. The predicted molar refractivity (Wildman–Crippen MR) is 65.2 cm³/mol. The van der Waals surface area contributed by atoms with E-state index >= 15 is 0 Å². The number of sulfone groups is 1. The van der Waals surface area contributed by atoms with Gasteiger partial charge in [0.05, 0.1) is 11.5 Å². The first-order valence-corrected chi connectivity index (χ1v) is 8.04. The van der Waals surface area contributed by atoms with Gasteiger partial charge < -0.3 is 4.90 Å². The molecule has 0 radical (unpaired) electrons. The van der Waals surface area contributed by atoms with Crippen LogP contribution in [0.2, 0.25) is 0 Å². The second kappa shape index (κ2) is 4.26. The zero-order chi connectivity index (χ0) is 10.9. The average molecular weight is 249 g/mol. The highest BCUT2D eigenvalue weighted by Gasteiger charge is 2.38. The van der Waals surface area contributed by atoms with Crippen LogP contribution in [0.25, 0.3) is 0 Å². The van der Waals surface area contributed by atoms with Crippen LogP contribution in [-0.2, 0) is 9.84 Å². The summed E-state index contributed by atoms with van der Waals surface area (Å²) >= 11 is 4.42. The topological polar surface area (TPSA) is 37.4 Å². The van der Waals surface area contributed by atoms with Crippen molar-refractivity contribution in [1.29, 1.82) is 0 Å². The predicted octanol–water partition coefficient (Wildman–Crippen LogP) is 0.817. The van der Waals surface area contributed by atoms with E-state index in [1.807, 2.05) is 0 Å². The maximum Gasteiger partial charge on any atom is 0.152 e. The Kier molecular flexibility index (Phi) is 3.33. The van der Waals surface area contributed by atoms with Gasteiger partial charge in [-0.15, -0.1) is 0 Å². The molecule has 5 heteroatoms. The summed E-state index contributed by atoms with van der Waals surface area (Å²) in [6.45, 7) is 2.49. The van der Waals surface area contributed by atoms with E-state index < -0.39 is 9.84 Å². The van der Waals surface area contributed by atoms with Gasteiger partial charge in [0.2, 0.25) is 0 Å². The van der Waals surface area contributed by atoms with Crippen molar-refractivity contribution in [3.05, 3.63) is 0 Å². The maximum atomic E-state index is 11.3. The number of thiol groups is 1. The molecule has 3 nitrogen and oxygen atoms in total. The SMILES string of the molecule is O=S1(=O)CCN(CC2(CS)CCC2)CC1. The molecule has 1 heterocycles. The van der Waals surface area contributed by atoms with E-state index in [1.54, 1.807) is 0 Å². The van der Waals surface area contributed by atoms with Gasteiger partial charge in [-0.25, -0.2) is 8.42 Å². The van der Waals surface area contributed by atoms with Crippen molar-refractivity contribution in [2.45, 2.75) is 19.3 Å². The molecule has 0 unspecified atom stereocenters. The average Bonchev–Trinajstić information content (AvgIpc) is 2.14. The summed E-state index contributed by atoms with van der Waals surface area (Å²) in [5.74, 6) is 1.63. The molecule has 2 fully saturated rings. The van der Waals surface area contributed by atoms with Crippen molar-refractivity contribution >= 4 is 22.5 Å². The van der Waals surface area contributed by atoms with Gasteiger partial charge in [0.15, 0.2) is 9.84 Å². The lowest BCUT2D eigenvalue weighted by atomic mass is 9.70. The zero-order valence-corrected chi connectivity index (χ0v) is 10.7. The third kappa shape index (κ3) is 2.68. The van der Waals surface area contributed by atoms with Crippen LogP contribution in [0.3, 0.4) is 0 Å². The molecular formula is C10H19NO2S2. The van der Waals surface area contributed by atoms with E-state index in [9.17, 15) is 8.42 Å². The molecule has 2 aliphatic rings. The lowest BCUT2D eigenvalue weighted by Crippen LogP contribution is -2.49. The van der Waals surface area contributed by atoms with Gasteiger partial charge in [0.25, 0.3) is 0 Å². The summed E-state index contributed by atoms with van der Waals surface area (Å²) in [6, 6.07) is 0. The Morgan fingerprint density at radius 2 is 1.80 bits per heavy atom. The van der Waals surface area contributed by atoms with E-state index in [0.29, 0.717) is 16.9 Å². The van der Waals surface area contributed by atoms with E-state index in [0.717, 1.165) is 25.4 Å². The minimum Gasteiger partial charge on any atom is -0.301 e.